The summed E-state index contributed by atoms with van der Waals surface area (Å²) in [6.07, 6.45) is 3.41. The van der Waals surface area contributed by atoms with Crippen LogP contribution in [0.5, 0.6) is 0 Å². The van der Waals surface area contributed by atoms with Crippen LogP contribution in [0.25, 0.3) is 0 Å². The van der Waals surface area contributed by atoms with Crippen LogP contribution in [-0.2, 0) is 0 Å². The Morgan fingerprint density at radius 2 is 2.18 bits per heavy atom. The molecular weight excluding hydrogens is 212 g/mol. The summed E-state index contributed by atoms with van der Waals surface area (Å²) in [6.45, 7) is 0.823. The minimum Gasteiger partial charge on any atom is -0.336 e. The van der Waals surface area contributed by atoms with E-state index in [1.165, 1.54) is 0 Å². The Kier molecular flexibility index (Phi) is 3.77. The number of nitriles is 1. The fourth-order valence-corrected chi connectivity index (χ4v) is 2.38. The molecule has 1 amide bonds. The third-order valence-electron chi connectivity index (χ3n) is 3.25. The minimum absolute atomic E-state index is 0.103. The largest absolute Gasteiger partial charge is 0.336 e. The second-order valence-corrected chi connectivity index (χ2v) is 4.36. The van der Waals surface area contributed by atoms with Gasteiger partial charge in [0, 0.05) is 24.6 Å². The van der Waals surface area contributed by atoms with Crippen LogP contribution in [0, 0.1) is 11.3 Å². The molecule has 0 bridgehead atoms. The highest BCUT2D eigenvalue weighted by Crippen LogP contribution is 2.23. The summed E-state index contributed by atoms with van der Waals surface area (Å²) in [5.74, 6) is 0.103. The number of hydrogen-bond acceptors (Lipinski definition) is 2. The van der Waals surface area contributed by atoms with E-state index < -0.39 is 0 Å². The van der Waals surface area contributed by atoms with Gasteiger partial charge in [0.1, 0.15) is 0 Å². The summed E-state index contributed by atoms with van der Waals surface area (Å²) in [7, 11) is 0. The first-order chi connectivity index (χ1) is 8.33. The molecular formula is C14H16N2O. The molecule has 1 aliphatic rings. The molecule has 0 radical (unpaired) electrons. The Bertz CT molecular complexity index is 422. The SMILES string of the molecule is N#CCCC1CCCN1C(=O)c1ccccc1. The molecule has 1 heterocycles. The molecule has 1 atom stereocenters. The van der Waals surface area contributed by atoms with Gasteiger partial charge in [-0.05, 0) is 31.4 Å². The average Bonchev–Trinajstić information content (AvgIpc) is 2.84. The van der Waals surface area contributed by atoms with Crippen LogP contribution in [0.1, 0.15) is 36.0 Å². The Hall–Kier alpha value is -1.82. The zero-order valence-corrected chi connectivity index (χ0v) is 9.80. The van der Waals surface area contributed by atoms with Crippen molar-refractivity contribution in [2.24, 2.45) is 0 Å². The quantitative estimate of drug-likeness (QED) is 0.798. The van der Waals surface area contributed by atoms with Crippen molar-refractivity contribution < 1.29 is 4.79 Å². The zero-order chi connectivity index (χ0) is 12.1. The van der Waals surface area contributed by atoms with Crippen LogP contribution in [-0.4, -0.2) is 23.4 Å². The maximum atomic E-state index is 12.3. The first-order valence-electron chi connectivity index (χ1n) is 6.06. The number of amides is 1. The molecule has 1 aliphatic heterocycles. The molecule has 0 saturated carbocycles. The summed E-state index contributed by atoms with van der Waals surface area (Å²) in [5, 5.41) is 8.62. The van der Waals surface area contributed by atoms with Gasteiger partial charge in [-0.25, -0.2) is 0 Å². The lowest BCUT2D eigenvalue weighted by Gasteiger charge is -2.24. The fraction of sp³-hybridized carbons (Fsp3) is 0.429. The highest BCUT2D eigenvalue weighted by Gasteiger charge is 2.28. The van der Waals surface area contributed by atoms with Crippen molar-refractivity contribution >= 4 is 5.91 Å². The lowest BCUT2D eigenvalue weighted by atomic mass is 10.1. The highest BCUT2D eigenvalue weighted by atomic mass is 16.2. The molecule has 3 nitrogen and oxygen atoms in total. The van der Waals surface area contributed by atoms with Crippen molar-refractivity contribution in [1.82, 2.24) is 4.90 Å². The zero-order valence-electron chi connectivity index (χ0n) is 9.80. The lowest BCUT2D eigenvalue weighted by Crippen LogP contribution is -2.35. The van der Waals surface area contributed by atoms with E-state index in [9.17, 15) is 4.79 Å². The number of carbonyl (C=O) groups excluding carboxylic acids is 1. The molecule has 2 rings (SSSR count). The molecule has 3 heteroatoms. The second kappa shape index (κ2) is 5.49. The van der Waals surface area contributed by atoms with E-state index in [4.69, 9.17) is 5.26 Å². The predicted molar refractivity (Wildman–Crippen MR) is 65.3 cm³/mol. The van der Waals surface area contributed by atoms with E-state index in [1.54, 1.807) is 0 Å². The molecule has 1 saturated heterocycles. The number of rotatable bonds is 3. The number of likely N-dealkylation sites (tertiary alicyclic amines) is 1. The van der Waals surface area contributed by atoms with Crippen molar-refractivity contribution in [2.45, 2.75) is 31.7 Å². The normalized spacial score (nSPS) is 19.0. The van der Waals surface area contributed by atoms with Crippen molar-refractivity contribution in [2.75, 3.05) is 6.54 Å². The van der Waals surface area contributed by atoms with Crippen LogP contribution in [0.4, 0.5) is 0 Å². The van der Waals surface area contributed by atoms with Gasteiger partial charge in [0.25, 0.3) is 5.91 Å². The topological polar surface area (TPSA) is 44.1 Å². The van der Waals surface area contributed by atoms with E-state index in [-0.39, 0.29) is 11.9 Å². The maximum Gasteiger partial charge on any atom is 0.254 e. The van der Waals surface area contributed by atoms with Gasteiger partial charge in [-0.1, -0.05) is 18.2 Å². The Labute approximate surface area is 102 Å². The summed E-state index contributed by atoms with van der Waals surface area (Å²) >= 11 is 0. The minimum atomic E-state index is 0.103. The number of carbonyl (C=O) groups is 1. The summed E-state index contributed by atoms with van der Waals surface area (Å²) < 4.78 is 0. The van der Waals surface area contributed by atoms with Gasteiger partial charge in [-0.3, -0.25) is 4.79 Å². The summed E-state index contributed by atoms with van der Waals surface area (Å²) in [6, 6.07) is 11.8. The molecule has 0 N–H and O–H groups in total. The Morgan fingerprint density at radius 1 is 1.41 bits per heavy atom. The molecule has 0 spiro atoms. The monoisotopic (exact) mass is 228 g/mol. The van der Waals surface area contributed by atoms with Gasteiger partial charge in [0.2, 0.25) is 0 Å². The maximum absolute atomic E-state index is 12.3. The summed E-state index contributed by atoms with van der Waals surface area (Å²) in [4.78, 5) is 14.2. The van der Waals surface area contributed by atoms with Crippen LogP contribution in [0.2, 0.25) is 0 Å². The van der Waals surface area contributed by atoms with Crippen molar-refractivity contribution in [3.8, 4) is 6.07 Å². The standard InChI is InChI=1S/C14H16N2O/c15-10-4-8-13-9-5-11-16(13)14(17)12-6-2-1-3-7-12/h1-3,6-7,13H,4-5,8-9,11H2. The fourth-order valence-electron chi connectivity index (χ4n) is 2.38. The molecule has 88 valence electrons. The third-order valence-corrected chi connectivity index (χ3v) is 3.25. The van der Waals surface area contributed by atoms with Gasteiger partial charge in [-0.2, -0.15) is 5.26 Å². The van der Waals surface area contributed by atoms with E-state index >= 15 is 0 Å². The molecule has 1 unspecified atom stereocenters. The van der Waals surface area contributed by atoms with Crippen molar-refractivity contribution in [1.29, 1.82) is 5.26 Å². The first-order valence-corrected chi connectivity index (χ1v) is 6.06. The van der Waals surface area contributed by atoms with Crippen LogP contribution in [0.3, 0.4) is 0 Å². The van der Waals surface area contributed by atoms with Crippen LogP contribution >= 0.6 is 0 Å². The predicted octanol–water partition coefficient (Wildman–Crippen LogP) is 2.59. The van der Waals surface area contributed by atoms with E-state index in [0.29, 0.717) is 6.42 Å². The molecule has 0 aliphatic carbocycles. The van der Waals surface area contributed by atoms with Gasteiger partial charge in [-0.15, -0.1) is 0 Å². The number of hydrogen-bond donors (Lipinski definition) is 0. The molecule has 1 aromatic carbocycles. The molecule has 17 heavy (non-hydrogen) atoms. The lowest BCUT2D eigenvalue weighted by molar-refractivity contribution is 0.0731. The second-order valence-electron chi connectivity index (χ2n) is 4.36. The van der Waals surface area contributed by atoms with E-state index in [2.05, 4.69) is 6.07 Å². The number of benzene rings is 1. The van der Waals surface area contributed by atoms with Crippen molar-refractivity contribution in [3.63, 3.8) is 0 Å². The molecule has 1 fully saturated rings. The van der Waals surface area contributed by atoms with Gasteiger partial charge in [0.05, 0.1) is 6.07 Å². The van der Waals surface area contributed by atoms with E-state index in [0.717, 1.165) is 31.4 Å². The van der Waals surface area contributed by atoms with Crippen LogP contribution in [0.15, 0.2) is 30.3 Å². The Morgan fingerprint density at radius 3 is 2.88 bits per heavy atom. The van der Waals surface area contributed by atoms with Gasteiger partial charge < -0.3 is 4.90 Å². The van der Waals surface area contributed by atoms with Crippen LogP contribution < -0.4 is 0 Å². The summed E-state index contributed by atoms with van der Waals surface area (Å²) in [5.41, 5.74) is 0.747. The molecule has 1 aromatic rings. The average molecular weight is 228 g/mol. The third kappa shape index (κ3) is 2.65. The number of nitrogens with zero attached hydrogens (tertiary/aromatic N) is 2. The Balaban J connectivity index is 2.06. The van der Waals surface area contributed by atoms with Gasteiger partial charge >= 0.3 is 0 Å². The van der Waals surface area contributed by atoms with Crippen molar-refractivity contribution in [3.05, 3.63) is 35.9 Å². The smallest absolute Gasteiger partial charge is 0.254 e. The van der Waals surface area contributed by atoms with Gasteiger partial charge in [0.15, 0.2) is 0 Å². The van der Waals surface area contributed by atoms with E-state index in [1.807, 2.05) is 35.2 Å². The first kappa shape index (κ1) is 11.7. The highest BCUT2D eigenvalue weighted by molar-refractivity contribution is 5.94. The molecule has 0 aromatic heterocycles.